The van der Waals surface area contributed by atoms with Crippen LogP contribution in [0, 0.1) is 0 Å². The van der Waals surface area contributed by atoms with Crippen molar-refractivity contribution in [3.8, 4) is 0 Å². The Hall–Kier alpha value is -2.64. The zero-order valence-corrected chi connectivity index (χ0v) is 19.2. The molecule has 8 heteroatoms. The van der Waals surface area contributed by atoms with Gasteiger partial charge >= 0.3 is 0 Å². The average molecular weight is 470 g/mol. The van der Waals surface area contributed by atoms with Crippen LogP contribution < -0.4 is 10.6 Å². The summed E-state index contributed by atoms with van der Waals surface area (Å²) in [7, 11) is 2.04. The van der Waals surface area contributed by atoms with E-state index in [1.165, 1.54) is 0 Å². The van der Waals surface area contributed by atoms with E-state index in [-0.39, 0.29) is 12.6 Å². The molecule has 0 bridgehead atoms. The molecule has 32 heavy (non-hydrogen) atoms. The normalized spacial score (nSPS) is 12.4. The number of nitrogens with one attached hydrogen (secondary N) is 2. The van der Waals surface area contributed by atoms with Gasteiger partial charge in [-0.15, -0.1) is 0 Å². The molecule has 2 aromatic carbocycles. The van der Waals surface area contributed by atoms with Crippen LogP contribution in [0.2, 0.25) is 10.0 Å². The molecule has 0 aliphatic heterocycles. The van der Waals surface area contributed by atoms with Gasteiger partial charge in [0.1, 0.15) is 0 Å². The average Bonchev–Trinajstić information content (AvgIpc) is 2.78. The summed E-state index contributed by atoms with van der Waals surface area (Å²) >= 11 is 12.2. The van der Waals surface area contributed by atoms with Gasteiger partial charge in [-0.25, -0.2) is 0 Å². The Labute approximate surface area is 197 Å². The lowest BCUT2D eigenvalue weighted by Crippen LogP contribution is -2.39. The lowest BCUT2D eigenvalue weighted by molar-refractivity contribution is 0.234. The predicted molar refractivity (Wildman–Crippen MR) is 134 cm³/mol. The van der Waals surface area contributed by atoms with E-state index in [2.05, 4.69) is 25.5 Å². The van der Waals surface area contributed by atoms with Gasteiger partial charge in [0, 0.05) is 64.2 Å². The number of aliphatic hydroxyl groups is 1. The second-order valence-electron chi connectivity index (χ2n) is 7.75. The van der Waals surface area contributed by atoms with E-state index in [4.69, 9.17) is 23.2 Å². The lowest BCUT2D eigenvalue weighted by atomic mass is 10.1. The molecular formula is C24H25Cl2N5O. The fourth-order valence-corrected chi connectivity index (χ4v) is 4.07. The Kier molecular flexibility index (Phi) is 7.27. The molecule has 166 valence electrons. The quantitative estimate of drug-likeness (QED) is 0.323. The Morgan fingerprint density at radius 1 is 0.906 bits per heavy atom. The van der Waals surface area contributed by atoms with Crippen molar-refractivity contribution in [2.24, 2.45) is 0 Å². The molecule has 0 aliphatic rings. The van der Waals surface area contributed by atoms with E-state index in [0.717, 1.165) is 46.3 Å². The van der Waals surface area contributed by atoms with Crippen molar-refractivity contribution in [1.29, 1.82) is 0 Å². The van der Waals surface area contributed by atoms with Gasteiger partial charge in [0.25, 0.3) is 0 Å². The molecule has 0 saturated heterocycles. The van der Waals surface area contributed by atoms with Crippen LogP contribution in [0.1, 0.15) is 0 Å². The Balaban J connectivity index is 1.35. The topological polar surface area (TPSA) is 73.3 Å². The maximum absolute atomic E-state index is 9.94. The predicted octanol–water partition coefficient (Wildman–Crippen LogP) is 4.91. The van der Waals surface area contributed by atoms with Crippen LogP contribution >= 0.6 is 23.2 Å². The number of hydrogen-bond donors (Lipinski definition) is 3. The number of fused-ring (bicyclic) bond motifs is 2. The van der Waals surface area contributed by atoms with E-state index >= 15 is 0 Å². The van der Waals surface area contributed by atoms with Crippen molar-refractivity contribution in [2.75, 3.05) is 43.9 Å². The van der Waals surface area contributed by atoms with Gasteiger partial charge < -0.3 is 20.6 Å². The number of nitrogens with zero attached hydrogens (tertiary/aromatic N) is 3. The Morgan fingerprint density at radius 3 is 2.12 bits per heavy atom. The highest BCUT2D eigenvalue weighted by Crippen LogP contribution is 2.25. The molecule has 2 heterocycles. The number of rotatable bonds is 9. The molecule has 0 aliphatic carbocycles. The highest BCUT2D eigenvalue weighted by Gasteiger charge is 2.13. The second-order valence-corrected chi connectivity index (χ2v) is 8.63. The zero-order valence-electron chi connectivity index (χ0n) is 17.7. The zero-order chi connectivity index (χ0) is 22.5. The maximum Gasteiger partial charge on any atom is 0.0737 e. The monoisotopic (exact) mass is 469 g/mol. The number of hydrogen-bond acceptors (Lipinski definition) is 6. The molecule has 3 N–H and O–H groups in total. The van der Waals surface area contributed by atoms with Crippen molar-refractivity contribution in [1.82, 2.24) is 14.9 Å². The smallest absolute Gasteiger partial charge is 0.0737 e. The molecule has 1 atom stereocenters. The molecule has 0 fully saturated rings. The van der Waals surface area contributed by atoms with Gasteiger partial charge in [-0.05, 0) is 55.6 Å². The number of likely N-dealkylation sites (N-methyl/N-ethyl adjacent to an activating group) is 1. The molecule has 0 amide bonds. The molecular weight excluding hydrogens is 445 g/mol. The molecule has 0 radical (unpaired) electrons. The summed E-state index contributed by atoms with van der Waals surface area (Å²) in [5.41, 5.74) is 3.65. The summed E-state index contributed by atoms with van der Waals surface area (Å²) in [6, 6.07) is 15.1. The number of pyridine rings is 2. The van der Waals surface area contributed by atoms with Gasteiger partial charge in [-0.3, -0.25) is 9.97 Å². The van der Waals surface area contributed by atoms with Gasteiger partial charge in [0.2, 0.25) is 0 Å². The van der Waals surface area contributed by atoms with E-state index in [0.29, 0.717) is 16.6 Å². The van der Waals surface area contributed by atoms with Crippen molar-refractivity contribution in [2.45, 2.75) is 6.04 Å². The number of benzene rings is 2. The van der Waals surface area contributed by atoms with E-state index in [9.17, 15) is 5.11 Å². The fourth-order valence-electron chi connectivity index (χ4n) is 3.74. The Morgan fingerprint density at radius 2 is 1.50 bits per heavy atom. The van der Waals surface area contributed by atoms with Crippen LogP contribution in [0.4, 0.5) is 11.4 Å². The minimum absolute atomic E-state index is 0.0188. The van der Waals surface area contributed by atoms with Gasteiger partial charge in [-0.2, -0.15) is 0 Å². The van der Waals surface area contributed by atoms with E-state index < -0.39 is 0 Å². The van der Waals surface area contributed by atoms with Crippen molar-refractivity contribution in [3.05, 3.63) is 71.0 Å². The molecule has 4 rings (SSSR count). The first-order valence-corrected chi connectivity index (χ1v) is 11.2. The van der Waals surface area contributed by atoms with Crippen molar-refractivity contribution >= 4 is 56.4 Å². The summed E-state index contributed by atoms with van der Waals surface area (Å²) in [6.45, 7) is 2.27. The molecule has 0 unspecified atom stereocenters. The van der Waals surface area contributed by atoms with Crippen LogP contribution in [0.25, 0.3) is 21.8 Å². The summed E-state index contributed by atoms with van der Waals surface area (Å²) in [4.78, 5) is 10.9. The first kappa shape index (κ1) is 22.6. The Bertz CT molecular complexity index is 1220. The SMILES string of the molecule is CN(CCNc1ccnc2cc(Cl)ccc12)C[C@H](CO)Nc1ccnc2cc(Cl)ccc12. The first-order chi connectivity index (χ1) is 15.5. The molecule has 0 spiro atoms. The number of aliphatic hydroxyl groups excluding tert-OH is 1. The first-order valence-electron chi connectivity index (χ1n) is 10.4. The van der Waals surface area contributed by atoms with Crippen LogP contribution in [0.3, 0.4) is 0 Å². The summed E-state index contributed by atoms with van der Waals surface area (Å²) in [5, 5.41) is 20.2. The lowest BCUT2D eigenvalue weighted by Gasteiger charge is -2.25. The van der Waals surface area contributed by atoms with E-state index in [1.54, 1.807) is 12.4 Å². The minimum atomic E-state index is -0.120. The van der Waals surface area contributed by atoms with Crippen LogP contribution in [-0.4, -0.2) is 59.3 Å². The van der Waals surface area contributed by atoms with E-state index in [1.807, 2.05) is 55.6 Å². The van der Waals surface area contributed by atoms with Gasteiger partial charge in [0.15, 0.2) is 0 Å². The standard InChI is InChI=1S/C24H25Cl2N5O/c1-31(11-10-29-21-6-8-27-23-12-16(25)2-4-19(21)23)14-18(15-32)30-22-7-9-28-24-13-17(26)3-5-20(22)24/h2-9,12-13,18,32H,10-11,14-15H2,1H3,(H,27,29)(H,28,30)/t18-/m1/s1. The van der Waals surface area contributed by atoms with Gasteiger partial charge in [0.05, 0.1) is 23.7 Å². The van der Waals surface area contributed by atoms with Crippen molar-refractivity contribution < 1.29 is 5.11 Å². The second kappa shape index (κ2) is 10.3. The van der Waals surface area contributed by atoms with Gasteiger partial charge in [-0.1, -0.05) is 23.2 Å². The minimum Gasteiger partial charge on any atom is -0.394 e. The molecule has 0 saturated carbocycles. The number of aromatic nitrogens is 2. The highest BCUT2D eigenvalue weighted by molar-refractivity contribution is 6.31. The molecule has 2 aromatic heterocycles. The molecule has 4 aromatic rings. The van der Waals surface area contributed by atoms with Crippen molar-refractivity contribution in [3.63, 3.8) is 0 Å². The summed E-state index contributed by atoms with van der Waals surface area (Å²) in [5.74, 6) is 0. The van der Waals surface area contributed by atoms with Crippen LogP contribution in [-0.2, 0) is 0 Å². The maximum atomic E-state index is 9.94. The third kappa shape index (κ3) is 5.40. The third-order valence-electron chi connectivity index (χ3n) is 5.33. The highest BCUT2D eigenvalue weighted by atomic mass is 35.5. The number of anilines is 2. The third-order valence-corrected chi connectivity index (χ3v) is 5.80. The number of halogens is 2. The van der Waals surface area contributed by atoms with Crippen LogP contribution in [0.5, 0.6) is 0 Å². The summed E-state index contributed by atoms with van der Waals surface area (Å²) in [6.07, 6.45) is 3.53. The van der Waals surface area contributed by atoms with Crippen LogP contribution in [0.15, 0.2) is 60.9 Å². The molecule has 6 nitrogen and oxygen atoms in total. The fraction of sp³-hybridized carbons (Fsp3) is 0.250. The largest absolute Gasteiger partial charge is 0.394 e. The summed E-state index contributed by atoms with van der Waals surface area (Å²) < 4.78 is 0.